The van der Waals surface area contributed by atoms with Gasteiger partial charge in [-0.2, -0.15) is 0 Å². The Morgan fingerprint density at radius 3 is 2.79 bits per heavy atom. The molecule has 5 heteroatoms. The van der Waals surface area contributed by atoms with Gasteiger partial charge < -0.3 is 10.2 Å². The number of piperazine rings is 1. The second-order valence-electron chi connectivity index (χ2n) is 5.57. The second kappa shape index (κ2) is 4.89. The maximum atomic E-state index is 12.2. The number of sulfone groups is 1. The van der Waals surface area contributed by atoms with Crippen molar-refractivity contribution in [3.63, 3.8) is 0 Å². The highest BCUT2D eigenvalue weighted by Gasteiger charge is 2.35. The molecule has 1 N–H and O–H groups in total. The van der Waals surface area contributed by atoms with E-state index in [9.17, 15) is 8.42 Å². The van der Waals surface area contributed by atoms with Crippen LogP contribution in [0.15, 0.2) is 23.1 Å². The lowest BCUT2D eigenvalue weighted by Crippen LogP contribution is -2.45. The number of hydrogen-bond acceptors (Lipinski definition) is 4. The molecule has 1 saturated heterocycles. The van der Waals surface area contributed by atoms with Crippen molar-refractivity contribution in [2.24, 2.45) is 0 Å². The molecule has 0 radical (unpaired) electrons. The molecule has 1 unspecified atom stereocenters. The highest BCUT2D eigenvalue weighted by molar-refractivity contribution is 7.91. The van der Waals surface area contributed by atoms with Crippen LogP contribution in [-0.4, -0.2) is 51.8 Å². The fourth-order valence-electron chi connectivity index (χ4n) is 3.07. The van der Waals surface area contributed by atoms with Gasteiger partial charge in [0, 0.05) is 38.6 Å². The zero-order valence-corrected chi connectivity index (χ0v) is 12.0. The Bertz CT molecular complexity index is 577. The average molecular weight is 280 g/mol. The van der Waals surface area contributed by atoms with Crippen molar-refractivity contribution in [3.05, 3.63) is 29.3 Å². The Morgan fingerprint density at radius 1 is 1.32 bits per heavy atom. The van der Waals surface area contributed by atoms with Gasteiger partial charge in [-0.15, -0.1) is 0 Å². The minimum absolute atomic E-state index is 0.137. The predicted octanol–water partition coefficient (Wildman–Crippen LogP) is 0.771. The Hall–Kier alpha value is -0.910. The van der Waals surface area contributed by atoms with Crippen molar-refractivity contribution < 1.29 is 8.42 Å². The van der Waals surface area contributed by atoms with Crippen molar-refractivity contribution in [3.8, 4) is 0 Å². The van der Waals surface area contributed by atoms with E-state index in [1.54, 1.807) is 6.07 Å². The number of benzene rings is 1. The number of rotatable bonds is 2. The summed E-state index contributed by atoms with van der Waals surface area (Å²) in [5.41, 5.74) is 2.17. The van der Waals surface area contributed by atoms with Gasteiger partial charge >= 0.3 is 0 Å². The SMILES string of the molecule is Cc1ccc2c(c1)C(CN1CCNCC1)CS2(=O)=O. The van der Waals surface area contributed by atoms with Gasteiger partial charge in [0.2, 0.25) is 0 Å². The lowest BCUT2D eigenvalue weighted by atomic mass is 9.98. The van der Waals surface area contributed by atoms with Gasteiger partial charge in [-0.3, -0.25) is 0 Å². The third kappa shape index (κ3) is 2.55. The third-order valence-electron chi connectivity index (χ3n) is 4.05. The molecule has 0 saturated carbocycles. The molecule has 1 fully saturated rings. The summed E-state index contributed by atoms with van der Waals surface area (Å²) in [4.78, 5) is 2.92. The van der Waals surface area contributed by atoms with E-state index in [1.807, 2.05) is 19.1 Å². The molecule has 1 aromatic carbocycles. The van der Waals surface area contributed by atoms with Crippen molar-refractivity contribution >= 4 is 9.84 Å². The van der Waals surface area contributed by atoms with E-state index in [0.717, 1.165) is 43.9 Å². The molecule has 0 aromatic heterocycles. The van der Waals surface area contributed by atoms with Gasteiger partial charge in [-0.1, -0.05) is 17.7 Å². The lowest BCUT2D eigenvalue weighted by molar-refractivity contribution is 0.231. The van der Waals surface area contributed by atoms with Crippen LogP contribution in [-0.2, 0) is 9.84 Å². The van der Waals surface area contributed by atoms with Crippen LogP contribution in [0.4, 0.5) is 0 Å². The summed E-state index contributed by atoms with van der Waals surface area (Å²) in [5, 5.41) is 3.32. The van der Waals surface area contributed by atoms with Gasteiger partial charge in [0.25, 0.3) is 0 Å². The first-order valence-corrected chi connectivity index (χ1v) is 8.48. The van der Waals surface area contributed by atoms with Crippen molar-refractivity contribution in [1.29, 1.82) is 0 Å². The molecule has 19 heavy (non-hydrogen) atoms. The highest BCUT2D eigenvalue weighted by Crippen LogP contribution is 2.36. The average Bonchev–Trinajstić information content (AvgIpc) is 2.62. The molecular formula is C14H20N2O2S. The maximum Gasteiger partial charge on any atom is 0.179 e. The van der Waals surface area contributed by atoms with Crippen LogP contribution in [0.2, 0.25) is 0 Å². The zero-order chi connectivity index (χ0) is 13.5. The lowest BCUT2D eigenvalue weighted by Gasteiger charge is -2.29. The Labute approximate surface area is 114 Å². The van der Waals surface area contributed by atoms with E-state index in [2.05, 4.69) is 10.2 Å². The summed E-state index contributed by atoms with van der Waals surface area (Å²) in [6.45, 7) is 6.90. The zero-order valence-electron chi connectivity index (χ0n) is 11.2. The van der Waals surface area contributed by atoms with E-state index >= 15 is 0 Å². The van der Waals surface area contributed by atoms with Gasteiger partial charge in [0.1, 0.15) is 0 Å². The van der Waals surface area contributed by atoms with Crippen LogP contribution in [0.25, 0.3) is 0 Å². The van der Waals surface area contributed by atoms with E-state index in [1.165, 1.54) is 0 Å². The first-order chi connectivity index (χ1) is 9.06. The largest absolute Gasteiger partial charge is 0.314 e. The summed E-state index contributed by atoms with van der Waals surface area (Å²) in [6, 6.07) is 5.72. The fourth-order valence-corrected chi connectivity index (χ4v) is 4.93. The summed E-state index contributed by atoms with van der Waals surface area (Å²) >= 11 is 0. The molecule has 0 bridgehead atoms. The monoisotopic (exact) mass is 280 g/mol. The molecule has 4 nitrogen and oxygen atoms in total. The van der Waals surface area contributed by atoms with Crippen LogP contribution in [0.3, 0.4) is 0 Å². The molecule has 2 aliphatic rings. The number of nitrogens with one attached hydrogen (secondary N) is 1. The van der Waals surface area contributed by atoms with Crippen molar-refractivity contribution in [2.75, 3.05) is 38.5 Å². The Morgan fingerprint density at radius 2 is 2.05 bits per heavy atom. The van der Waals surface area contributed by atoms with E-state index in [-0.39, 0.29) is 11.7 Å². The smallest absolute Gasteiger partial charge is 0.179 e. The van der Waals surface area contributed by atoms with Crippen LogP contribution in [0, 0.1) is 6.92 Å². The normalized spacial score (nSPS) is 26.3. The van der Waals surface area contributed by atoms with Gasteiger partial charge in [-0.25, -0.2) is 8.42 Å². The first-order valence-electron chi connectivity index (χ1n) is 6.83. The molecule has 1 aromatic rings. The highest BCUT2D eigenvalue weighted by atomic mass is 32.2. The van der Waals surface area contributed by atoms with E-state index in [4.69, 9.17) is 0 Å². The molecule has 0 aliphatic carbocycles. The van der Waals surface area contributed by atoms with Crippen molar-refractivity contribution in [2.45, 2.75) is 17.7 Å². The summed E-state index contributed by atoms with van der Waals surface area (Å²) in [5.74, 6) is 0.411. The van der Waals surface area contributed by atoms with E-state index < -0.39 is 9.84 Å². The fraction of sp³-hybridized carbons (Fsp3) is 0.571. The standard InChI is InChI=1S/C14H20N2O2S/c1-11-2-3-14-13(8-11)12(10-19(14,17)18)9-16-6-4-15-5-7-16/h2-3,8,12,15H,4-7,9-10H2,1H3. The van der Waals surface area contributed by atoms with Gasteiger partial charge in [-0.05, 0) is 18.6 Å². The summed E-state index contributed by atoms with van der Waals surface area (Å²) < 4.78 is 24.4. The second-order valence-corrected chi connectivity index (χ2v) is 7.57. The molecule has 2 aliphatic heterocycles. The topological polar surface area (TPSA) is 49.4 Å². The summed E-state index contributed by atoms with van der Waals surface area (Å²) in [7, 11) is -3.06. The van der Waals surface area contributed by atoms with Crippen LogP contribution in [0.5, 0.6) is 0 Å². The maximum absolute atomic E-state index is 12.2. The molecule has 0 spiro atoms. The number of nitrogens with zero attached hydrogens (tertiary/aromatic N) is 1. The molecular weight excluding hydrogens is 260 g/mol. The number of aryl methyl sites for hydroxylation is 1. The van der Waals surface area contributed by atoms with Crippen LogP contribution >= 0.6 is 0 Å². The molecule has 1 atom stereocenters. The van der Waals surface area contributed by atoms with Crippen LogP contribution in [0.1, 0.15) is 17.0 Å². The van der Waals surface area contributed by atoms with Crippen molar-refractivity contribution in [1.82, 2.24) is 10.2 Å². The first kappa shape index (κ1) is 13.1. The minimum Gasteiger partial charge on any atom is -0.314 e. The minimum atomic E-state index is -3.06. The number of hydrogen-bond donors (Lipinski definition) is 1. The Balaban J connectivity index is 1.86. The molecule has 104 valence electrons. The third-order valence-corrected chi connectivity index (χ3v) is 5.93. The van der Waals surface area contributed by atoms with Gasteiger partial charge in [0.15, 0.2) is 9.84 Å². The summed E-state index contributed by atoms with van der Waals surface area (Å²) in [6.07, 6.45) is 0. The van der Waals surface area contributed by atoms with Gasteiger partial charge in [0.05, 0.1) is 10.6 Å². The molecule has 2 heterocycles. The quantitative estimate of drug-likeness (QED) is 0.869. The van der Waals surface area contributed by atoms with E-state index in [0.29, 0.717) is 4.90 Å². The molecule has 0 amide bonds. The number of fused-ring (bicyclic) bond motifs is 1. The van der Waals surface area contributed by atoms with Crippen LogP contribution < -0.4 is 5.32 Å². The molecule has 3 rings (SSSR count). The Kier molecular flexibility index (Phi) is 3.37. The predicted molar refractivity (Wildman–Crippen MR) is 75.3 cm³/mol.